The number of hydrogen-bond acceptors (Lipinski definition) is 1. The number of benzene rings is 1. The van der Waals surface area contributed by atoms with E-state index in [9.17, 15) is 4.79 Å². The number of primary amides is 1. The molecule has 80 valence electrons. The van der Waals surface area contributed by atoms with Crippen LogP contribution in [0, 0.1) is 0 Å². The van der Waals surface area contributed by atoms with Crippen LogP contribution in [0.15, 0.2) is 24.3 Å². The normalized spacial score (nSPS) is 20.6. The van der Waals surface area contributed by atoms with Crippen molar-refractivity contribution >= 4 is 17.6 Å². The Bertz CT molecular complexity index is 381. The molecule has 0 bridgehead atoms. The molecule has 0 saturated carbocycles. The highest BCUT2D eigenvalue weighted by Gasteiger charge is 2.29. The molecule has 15 heavy (non-hydrogen) atoms. The summed E-state index contributed by atoms with van der Waals surface area (Å²) in [6.45, 7) is 0.727. The first-order chi connectivity index (χ1) is 7.20. The zero-order valence-corrected chi connectivity index (χ0v) is 9.07. The average molecular weight is 225 g/mol. The van der Waals surface area contributed by atoms with Crippen LogP contribution in [0.25, 0.3) is 0 Å². The summed E-state index contributed by atoms with van der Waals surface area (Å²) in [7, 11) is 0. The summed E-state index contributed by atoms with van der Waals surface area (Å²) in [5.41, 5.74) is 6.32. The van der Waals surface area contributed by atoms with Gasteiger partial charge in [-0.15, -0.1) is 0 Å². The van der Waals surface area contributed by atoms with Gasteiger partial charge in [-0.2, -0.15) is 0 Å². The van der Waals surface area contributed by atoms with Crippen molar-refractivity contribution in [3.8, 4) is 0 Å². The molecule has 3 nitrogen and oxygen atoms in total. The summed E-state index contributed by atoms with van der Waals surface area (Å²) in [6.07, 6.45) is 1.92. The number of nitrogens with zero attached hydrogens (tertiary/aromatic N) is 1. The lowest BCUT2D eigenvalue weighted by atomic mass is 10.0. The predicted octanol–water partition coefficient (Wildman–Crippen LogP) is 2.56. The molecular weight excluding hydrogens is 212 g/mol. The molecule has 1 aliphatic rings. The maximum atomic E-state index is 11.2. The number of carbonyl (C=O) groups excluding carboxylic acids is 1. The first kappa shape index (κ1) is 10.3. The van der Waals surface area contributed by atoms with E-state index in [1.165, 1.54) is 0 Å². The highest BCUT2D eigenvalue weighted by molar-refractivity contribution is 6.31. The van der Waals surface area contributed by atoms with Gasteiger partial charge < -0.3 is 10.6 Å². The van der Waals surface area contributed by atoms with Gasteiger partial charge in [0.1, 0.15) is 0 Å². The van der Waals surface area contributed by atoms with E-state index in [0.717, 1.165) is 24.9 Å². The molecule has 1 aromatic rings. The topological polar surface area (TPSA) is 46.3 Å². The van der Waals surface area contributed by atoms with Gasteiger partial charge in [0.05, 0.1) is 6.04 Å². The molecule has 1 aromatic carbocycles. The minimum Gasteiger partial charge on any atom is -0.351 e. The van der Waals surface area contributed by atoms with Crippen molar-refractivity contribution < 1.29 is 4.79 Å². The molecule has 1 saturated heterocycles. The van der Waals surface area contributed by atoms with Gasteiger partial charge in [-0.1, -0.05) is 29.8 Å². The number of rotatable bonds is 1. The average Bonchev–Trinajstić information content (AvgIpc) is 2.67. The summed E-state index contributed by atoms with van der Waals surface area (Å²) < 4.78 is 0. The number of amides is 2. The fraction of sp³-hybridized carbons (Fsp3) is 0.364. The van der Waals surface area contributed by atoms with Crippen molar-refractivity contribution in [2.45, 2.75) is 18.9 Å². The molecule has 1 unspecified atom stereocenters. The van der Waals surface area contributed by atoms with Crippen molar-refractivity contribution in [2.24, 2.45) is 5.73 Å². The van der Waals surface area contributed by atoms with Gasteiger partial charge in [0.25, 0.3) is 0 Å². The van der Waals surface area contributed by atoms with E-state index in [1.54, 1.807) is 4.90 Å². The van der Waals surface area contributed by atoms with E-state index in [2.05, 4.69) is 0 Å². The van der Waals surface area contributed by atoms with Crippen LogP contribution in [0.1, 0.15) is 24.4 Å². The number of likely N-dealkylation sites (tertiary alicyclic amines) is 1. The van der Waals surface area contributed by atoms with Gasteiger partial charge in [0, 0.05) is 11.6 Å². The molecule has 4 heteroatoms. The predicted molar refractivity (Wildman–Crippen MR) is 59.7 cm³/mol. The Hall–Kier alpha value is -1.22. The van der Waals surface area contributed by atoms with Crippen molar-refractivity contribution in [3.63, 3.8) is 0 Å². The second-order valence-corrected chi connectivity index (χ2v) is 4.12. The van der Waals surface area contributed by atoms with Crippen LogP contribution < -0.4 is 5.73 Å². The number of nitrogens with two attached hydrogens (primary N) is 1. The zero-order chi connectivity index (χ0) is 10.8. The molecular formula is C11H13ClN2O. The fourth-order valence-corrected chi connectivity index (χ4v) is 2.36. The zero-order valence-electron chi connectivity index (χ0n) is 8.32. The minimum atomic E-state index is -0.364. The smallest absolute Gasteiger partial charge is 0.315 e. The third-order valence-electron chi connectivity index (χ3n) is 2.80. The maximum Gasteiger partial charge on any atom is 0.315 e. The molecule has 1 atom stereocenters. The van der Waals surface area contributed by atoms with Crippen molar-refractivity contribution in [3.05, 3.63) is 34.9 Å². The van der Waals surface area contributed by atoms with E-state index in [0.29, 0.717) is 5.02 Å². The van der Waals surface area contributed by atoms with Gasteiger partial charge in [0.15, 0.2) is 0 Å². The van der Waals surface area contributed by atoms with Crippen molar-refractivity contribution in [2.75, 3.05) is 6.54 Å². The standard InChI is InChI=1S/C11H13ClN2O/c12-9-5-2-1-4-8(9)10-6-3-7-14(10)11(13)15/h1-2,4-5,10H,3,6-7H2,(H2,13,15). The molecule has 0 spiro atoms. The van der Waals surface area contributed by atoms with Crippen LogP contribution >= 0.6 is 11.6 Å². The first-order valence-electron chi connectivity index (χ1n) is 5.00. The molecule has 1 heterocycles. The quantitative estimate of drug-likeness (QED) is 0.783. The van der Waals surface area contributed by atoms with Crippen molar-refractivity contribution in [1.82, 2.24) is 4.90 Å². The summed E-state index contributed by atoms with van der Waals surface area (Å²) in [4.78, 5) is 12.9. The van der Waals surface area contributed by atoms with Crippen LogP contribution in [0.4, 0.5) is 4.79 Å². The highest BCUT2D eigenvalue weighted by atomic mass is 35.5. The summed E-state index contributed by atoms with van der Waals surface area (Å²) in [5, 5.41) is 0.704. The molecule has 1 aliphatic heterocycles. The third-order valence-corrected chi connectivity index (χ3v) is 3.14. The molecule has 2 amide bonds. The lowest BCUT2D eigenvalue weighted by molar-refractivity contribution is 0.203. The number of hydrogen-bond donors (Lipinski definition) is 1. The molecule has 2 rings (SSSR count). The van der Waals surface area contributed by atoms with Gasteiger partial charge in [-0.25, -0.2) is 4.79 Å². The molecule has 0 aromatic heterocycles. The van der Waals surface area contributed by atoms with E-state index in [-0.39, 0.29) is 12.1 Å². The Balaban J connectivity index is 2.30. The van der Waals surface area contributed by atoms with Gasteiger partial charge in [0.2, 0.25) is 0 Å². The summed E-state index contributed by atoms with van der Waals surface area (Å²) >= 11 is 6.10. The number of carbonyl (C=O) groups is 1. The van der Waals surface area contributed by atoms with Gasteiger partial charge in [-0.3, -0.25) is 0 Å². The Labute approximate surface area is 93.8 Å². The highest BCUT2D eigenvalue weighted by Crippen LogP contribution is 2.35. The van der Waals surface area contributed by atoms with Gasteiger partial charge in [-0.05, 0) is 24.5 Å². The monoisotopic (exact) mass is 224 g/mol. The van der Waals surface area contributed by atoms with Crippen LogP contribution in [0.5, 0.6) is 0 Å². The first-order valence-corrected chi connectivity index (χ1v) is 5.38. The summed E-state index contributed by atoms with van der Waals surface area (Å²) in [5.74, 6) is 0. The SMILES string of the molecule is NC(=O)N1CCCC1c1ccccc1Cl. The minimum absolute atomic E-state index is 0.0520. The van der Waals surface area contributed by atoms with Crippen LogP contribution in [0.3, 0.4) is 0 Å². The Morgan fingerprint density at radius 1 is 1.47 bits per heavy atom. The second-order valence-electron chi connectivity index (χ2n) is 3.71. The Morgan fingerprint density at radius 3 is 2.87 bits per heavy atom. The third kappa shape index (κ3) is 1.92. The van der Waals surface area contributed by atoms with E-state index in [1.807, 2.05) is 24.3 Å². The Morgan fingerprint density at radius 2 is 2.20 bits per heavy atom. The molecule has 0 radical (unpaired) electrons. The number of halogens is 1. The summed E-state index contributed by atoms with van der Waals surface area (Å²) in [6, 6.07) is 7.30. The maximum absolute atomic E-state index is 11.2. The second kappa shape index (κ2) is 4.11. The van der Waals surface area contributed by atoms with E-state index >= 15 is 0 Å². The molecule has 0 aliphatic carbocycles. The van der Waals surface area contributed by atoms with E-state index in [4.69, 9.17) is 17.3 Å². The van der Waals surface area contributed by atoms with Crippen LogP contribution in [0.2, 0.25) is 5.02 Å². The largest absolute Gasteiger partial charge is 0.351 e. The number of urea groups is 1. The lowest BCUT2D eigenvalue weighted by Crippen LogP contribution is -2.35. The van der Waals surface area contributed by atoms with Crippen molar-refractivity contribution in [1.29, 1.82) is 0 Å². The molecule has 2 N–H and O–H groups in total. The van der Waals surface area contributed by atoms with Gasteiger partial charge >= 0.3 is 6.03 Å². The van der Waals surface area contributed by atoms with E-state index < -0.39 is 0 Å². The van der Waals surface area contributed by atoms with Crippen LogP contribution in [-0.2, 0) is 0 Å². The fourth-order valence-electron chi connectivity index (χ4n) is 2.10. The Kier molecular flexibility index (Phi) is 2.82. The molecule has 1 fully saturated rings. The van der Waals surface area contributed by atoms with Crippen LogP contribution in [-0.4, -0.2) is 17.5 Å². The lowest BCUT2D eigenvalue weighted by Gasteiger charge is -2.23.